The van der Waals surface area contributed by atoms with E-state index in [1.165, 1.54) is 0 Å². The molecule has 0 bridgehead atoms. The van der Waals surface area contributed by atoms with Crippen LogP contribution in [0.25, 0.3) is 0 Å². The maximum Gasteiger partial charge on any atom is 0.222 e. The third kappa shape index (κ3) is 5.40. The summed E-state index contributed by atoms with van der Waals surface area (Å²) in [7, 11) is 1.61. The second-order valence-corrected chi connectivity index (χ2v) is 5.63. The highest BCUT2D eigenvalue weighted by molar-refractivity contribution is 5.80. The first-order valence-electron chi connectivity index (χ1n) is 8.52. The van der Waals surface area contributed by atoms with Crippen LogP contribution in [0, 0.1) is 0 Å². The molecule has 0 saturated carbocycles. The van der Waals surface area contributed by atoms with Gasteiger partial charge in [-0.1, -0.05) is 6.07 Å². The lowest BCUT2D eigenvalue weighted by atomic mass is 10.3. The molecule has 0 aromatic carbocycles. The third-order valence-electron chi connectivity index (χ3n) is 3.86. The van der Waals surface area contributed by atoms with Crippen LogP contribution in [0.2, 0.25) is 0 Å². The van der Waals surface area contributed by atoms with Crippen molar-refractivity contribution in [1.82, 2.24) is 20.5 Å². The fourth-order valence-corrected chi connectivity index (χ4v) is 2.65. The van der Waals surface area contributed by atoms with Crippen LogP contribution < -0.4 is 15.4 Å². The number of pyridine rings is 1. The largest absolute Gasteiger partial charge is 0.481 e. The van der Waals surface area contributed by atoms with Gasteiger partial charge in [-0.05, 0) is 25.8 Å². The van der Waals surface area contributed by atoms with Gasteiger partial charge >= 0.3 is 0 Å². The summed E-state index contributed by atoms with van der Waals surface area (Å²) < 4.78 is 5.24. The lowest BCUT2D eigenvalue weighted by Gasteiger charge is -2.16. The number of likely N-dealkylation sites (tertiary alicyclic amines) is 1. The average molecular weight is 333 g/mol. The van der Waals surface area contributed by atoms with Gasteiger partial charge < -0.3 is 20.3 Å². The summed E-state index contributed by atoms with van der Waals surface area (Å²) in [4.78, 5) is 22.3. The Labute approximate surface area is 143 Å². The Kier molecular flexibility index (Phi) is 7.32. The number of amides is 1. The topological polar surface area (TPSA) is 78.9 Å². The van der Waals surface area contributed by atoms with Crippen molar-refractivity contribution < 1.29 is 9.53 Å². The Morgan fingerprint density at radius 3 is 3.04 bits per heavy atom. The molecule has 0 unspecified atom stereocenters. The molecule has 24 heavy (non-hydrogen) atoms. The van der Waals surface area contributed by atoms with Crippen LogP contribution in [-0.4, -0.2) is 55.0 Å². The maximum atomic E-state index is 11.6. The van der Waals surface area contributed by atoms with Gasteiger partial charge in [0.1, 0.15) is 0 Å². The molecule has 2 rings (SSSR count). The van der Waals surface area contributed by atoms with E-state index in [-0.39, 0.29) is 5.91 Å². The highest BCUT2D eigenvalue weighted by Crippen LogP contribution is 2.14. The van der Waals surface area contributed by atoms with Gasteiger partial charge in [0.2, 0.25) is 11.8 Å². The summed E-state index contributed by atoms with van der Waals surface area (Å²) >= 11 is 0. The Balaban J connectivity index is 1.80. The predicted molar refractivity (Wildman–Crippen MR) is 94.0 cm³/mol. The molecule has 1 aromatic heterocycles. The first-order valence-corrected chi connectivity index (χ1v) is 8.52. The summed E-state index contributed by atoms with van der Waals surface area (Å²) in [5, 5.41) is 6.53. The molecule has 0 atom stereocenters. The number of guanidine groups is 1. The average Bonchev–Trinajstić information content (AvgIpc) is 3.01. The maximum absolute atomic E-state index is 11.6. The minimum Gasteiger partial charge on any atom is -0.481 e. The van der Waals surface area contributed by atoms with Gasteiger partial charge in [-0.15, -0.1) is 0 Å². The third-order valence-corrected chi connectivity index (χ3v) is 3.86. The first-order chi connectivity index (χ1) is 11.7. The molecule has 1 aliphatic rings. The van der Waals surface area contributed by atoms with E-state index in [1.54, 1.807) is 13.3 Å². The van der Waals surface area contributed by atoms with Gasteiger partial charge in [-0.2, -0.15) is 0 Å². The van der Waals surface area contributed by atoms with E-state index in [0.717, 1.165) is 50.5 Å². The minimum absolute atomic E-state index is 0.277. The Hall–Kier alpha value is -2.31. The van der Waals surface area contributed by atoms with Crippen LogP contribution in [0.1, 0.15) is 31.7 Å². The summed E-state index contributed by atoms with van der Waals surface area (Å²) in [5.41, 5.74) is 0.944. The number of aromatic nitrogens is 1. The number of ether oxygens (including phenoxy) is 1. The summed E-state index contributed by atoms with van der Waals surface area (Å²) in [5.74, 6) is 1.64. The zero-order valence-corrected chi connectivity index (χ0v) is 14.5. The standard InChI is InChI=1S/C17H27N5O2/c1-3-18-17(20-10-6-12-22-11-5-8-15(22)23)21-13-14-7-4-9-19-16(14)24-2/h4,7,9H,3,5-6,8,10-13H2,1-2H3,(H2,18,20,21). The molecule has 1 fully saturated rings. The summed E-state index contributed by atoms with van der Waals surface area (Å²) in [6.45, 7) is 5.80. The lowest BCUT2D eigenvalue weighted by molar-refractivity contribution is -0.127. The molecule has 1 aliphatic heterocycles. The first kappa shape index (κ1) is 18.0. The number of carbonyl (C=O) groups excluding carboxylic acids is 1. The molecule has 7 heteroatoms. The van der Waals surface area contributed by atoms with Gasteiger partial charge in [0.15, 0.2) is 5.96 Å². The number of hydrogen-bond acceptors (Lipinski definition) is 4. The smallest absolute Gasteiger partial charge is 0.222 e. The zero-order chi connectivity index (χ0) is 17.2. The lowest BCUT2D eigenvalue weighted by Crippen LogP contribution is -2.39. The molecule has 1 saturated heterocycles. The van der Waals surface area contributed by atoms with Crippen molar-refractivity contribution in [2.24, 2.45) is 4.99 Å². The predicted octanol–water partition coefficient (Wildman–Crippen LogP) is 1.16. The fraction of sp³-hybridized carbons (Fsp3) is 0.588. The summed E-state index contributed by atoms with van der Waals surface area (Å²) in [6, 6.07) is 3.83. The fourth-order valence-electron chi connectivity index (χ4n) is 2.65. The Morgan fingerprint density at radius 1 is 1.46 bits per heavy atom. The second-order valence-electron chi connectivity index (χ2n) is 5.63. The molecular formula is C17H27N5O2. The molecule has 2 heterocycles. The minimum atomic E-state index is 0.277. The highest BCUT2D eigenvalue weighted by atomic mass is 16.5. The number of rotatable bonds is 8. The van der Waals surface area contributed by atoms with Crippen LogP contribution in [0.15, 0.2) is 23.3 Å². The number of methoxy groups -OCH3 is 1. The molecule has 132 valence electrons. The van der Waals surface area contributed by atoms with Crippen molar-refractivity contribution in [2.45, 2.75) is 32.7 Å². The van der Waals surface area contributed by atoms with E-state index in [2.05, 4.69) is 20.6 Å². The summed E-state index contributed by atoms with van der Waals surface area (Å²) in [6.07, 6.45) is 4.30. The number of nitrogens with zero attached hydrogens (tertiary/aromatic N) is 3. The molecule has 2 N–H and O–H groups in total. The van der Waals surface area contributed by atoms with Crippen molar-refractivity contribution in [3.05, 3.63) is 23.9 Å². The van der Waals surface area contributed by atoms with Crippen molar-refractivity contribution in [1.29, 1.82) is 0 Å². The number of nitrogens with one attached hydrogen (secondary N) is 2. The van der Waals surface area contributed by atoms with Gasteiger partial charge in [-0.3, -0.25) is 4.79 Å². The van der Waals surface area contributed by atoms with Crippen LogP contribution in [0.5, 0.6) is 5.88 Å². The van der Waals surface area contributed by atoms with Crippen molar-refractivity contribution in [3.8, 4) is 5.88 Å². The zero-order valence-electron chi connectivity index (χ0n) is 14.5. The molecule has 7 nitrogen and oxygen atoms in total. The van der Waals surface area contributed by atoms with Crippen molar-refractivity contribution in [3.63, 3.8) is 0 Å². The number of hydrogen-bond donors (Lipinski definition) is 2. The van der Waals surface area contributed by atoms with Crippen molar-refractivity contribution in [2.75, 3.05) is 33.3 Å². The van der Waals surface area contributed by atoms with E-state index in [1.807, 2.05) is 24.0 Å². The quantitative estimate of drug-likeness (QED) is 0.424. The van der Waals surface area contributed by atoms with Gasteiger partial charge in [0.25, 0.3) is 0 Å². The van der Waals surface area contributed by atoms with E-state index >= 15 is 0 Å². The van der Waals surface area contributed by atoms with Crippen LogP contribution in [-0.2, 0) is 11.3 Å². The molecule has 0 aliphatic carbocycles. The second kappa shape index (κ2) is 9.75. The Morgan fingerprint density at radius 2 is 2.33 bits per heavy atom. The molecule has 0 radical (unpaired) electrons. The molecule has 1 amide bonds. The van der Waals surface area contributed by atoms with E-state index in [4.69, 9.17) is 4.74 Å². The normalized spacial score (nSPS) is 14.8. The Bertz CT molecular complexity index is 562. The SMILES string of the molecule is CCNC(=NCc1cccnc1OC)NCCCN1CCCC1=O. The monoisotopic (exact) mass is 333 g/mol. The van der Waals surface area contributed by atoms with Gasteiger partial charge in [0.05, 0.1) is 13.7 Å². The van der Waals surface area contributed by atoms with Gasteiger partial charge in [0, 0.05) is 44.4 Å². The molecule has 1 aromatic rings. The van der Waals surface area contributed by atoms with E-state index in [0.29, 0.717) is 18.8 Å². The number of carbonyl (C=O) groups is 1. The molecule has 0 spiro atoms. The van der Waals surface area contributed by atoms with Gasteiger partial charge in [-0.25, -0.2) is 9.98 Å². The van der Waals surface area contributed by atoms with E-state index in [9.17, 15) is 4.79 Å². The van der Waals surface area contributed by atoms with Crippen LogP contribution >= 0.6 is 0 Å². The number of aliphatic imine (C=N–C) groups is 1. The van der Waals surface area contributed by atoms with E-state index < -0.39 is 0 Å². The molecular weight excluding hydrogens is 306 g/mol. The van der Waals surface area contributed by atoms with Crippen LogP contribution in [0.4, 0.5) is 0 Å². The van der Waals surface area contributed by atoms with Crippen molar-refractivity contribution >= 4 is 11.9 Å². The highest BCUT2D eigenvalue weighted by Gasteiger charge is 2.18. The van der Waals surface area contributed by atoms with Crippen LogP contribution in [0.3, 0.4) is 0 Å².